The predicted molar refractivity (Wildman–Crippen MR) is 85.8 cm³/mol. The average Bonchev–Trinajstić information content (AvgIpc) is 2.42. The van der Waals surface area contributed by atoms with Gasteiger partial charge in [0.05, 0.1) is 11.6 Å². The number of unbranched alkanes of at least 4 members (excludes halogenated alkanes) is 2. The third kappa shape index (κ3) is 5.96. The molecule has 0 aromatic heterocycles. The number of rotatable bonds is 9. The molecule has 0 saturated carbocycles. The number of nitrogens with zero attached hydrogens (tertiary/aromatic N) is 1. The van der Waals surface area contributed by atoms with Crippen LogP contribution in [0.15, 0.2) is 22.7 Å². The van der Waals surface area contributed by atoms with Gasteiger partial charge in [-0.25, -0.2) is 0 Å². The summed E-state index contributed by atoms with van der Waals surface area (Å²) in [7, 11) is 1.70. The first kappa shape index (κ1) is 16.5. The van der Waals surface area contributed by atoms with E-state index in [0.717, 1.165) is 16.8 Å². The summed E-state index contributed by atoms with van der Waals surface area (Å²) in [5.41, 5.74) is 1.35. The van der Waals surface area contributed by atoms with Crippen LogP contribution in [0.5, 0.6) is 5.75 Å². The summed E-state index contributed by atoms with van der Waals surface area (Å²) in [6, 6.07) is 6.37. The van der Waals surface area contributed by atoms with Gasteiger partial charge in [0.15, 0.2) is 0 Å². The van der Waals surface area contributed by atoms with Crippen LogP contribution in [0.2, 0.25) is 0 Å². The average molecular weight is 328 g/mol. The normalized spacial score (nSPS) is 11.0. The van der Waals surface area contributed by atoms with E-state index in [2.05, 4.69) is 46.8 Å². The maximum Gasteiger partial charge on any atom is 0.133 e. The highest BCUT2D eigenvalue weighted by molar-refractivity contribution is 9.10. The van der Waals surface area contributed by atoms with E-state index in [0.29, 0.717) is 0 Å². The zero-order valence-corrected chi connectivity index (χ0v) is 14.0. The van der Waals surface area contributed by atoms with Crippen LogP contribution in [0.25, 0.3) is 0 Å². The van der Waals surface area contributed by atoms with Crippen molar-refractivity contribution in [2.75, 3.05) is 20.2 Å². The number of hydrogen-bond donors (Lipinski definition) is 0. The smallest absolute Gasteiger partial charge is 0.133 e. The number of halogens is 1. The fraction of sp³-hybridized carbons (Fsp3) is 0.625. The third-order valence-corrected chi connectivity index (χ3v) is 3.90. The second-order valence-corrected chi connectivity index (χ2v) is 5.81. The zero-order chi connectivity index (χ0) is 14.1. The zero-order valence-electron chi connectivity index (χ0n) is 12.4. The molecule has 0 aliphatic carbocycles. The number of ether oxygens (including phenoxy) is 1. The van der Waals surface area contributed by atoms with E-state index in [9.17, 15) is 0 Å². The lowest BCUT2D eigenvalue weighted by Gasteiger charge is -2.22. The Hall–Kier alpha value is -0.540. The molecular weight excluding hydrogens is 302 g/mol. The monoisotopic (exact) mass is 327 g/mol. The lowest BCUT2D eigenvalue weighted by atomic mass is 10.2. The van der Waals surface area contributed by atoms with E-state index in [-0.39, 0.29) is 0 Å². The van der Waals surface area contributed by atoms with Crippen LogP contribution in [-0.2, 0) is 6.54 Å². The van der Waals surface area contributed by atoms with Gasteiger partial charge in [0.2, 0.25) is 0 Å². The highest BCUT2D eigenvalue weighted by Gasteiger charge is 2.07. The third-order valence-electron chi connectivity index (χ3n) is 3.28. The summed E-state index contributed by atoms with van der Waals surface area (Å²) in [5, 5.41) is 0. The molecule has 108 valence electrons. The quantitative estimate of drug-likeness (QED) is 0.642. The molecule has 0 bridgehead atoms. The maximum absolute atomic E-state index is 5.27. The summed E-state index contributed by atoms with van der Waals surface area (Å²) < 4.78 is 6.31. The van der Waals surface area contributed by atoms with E-state index >= 15 is 0 Å². The molecule has 2 nitrogen and oxygen atoms in total. The summed E-state index contributed by atoms with van der Waals surface area (Å²) in [5.74, 6) is 0.900. The first-order valence-corrected chi connectivity index (χ1v) is 8.05. The topological polar surface area (TPSA) is 12.5 Å². The maximum atomic E-state index is 5.27. The molecule has 0 saturated heterocycles. The Morgan fingerprint density at radius 2 is 1.74 bits per heavy atom. The summed E-state index contributed by atoms with van der Waals surface area (Å²) >= 11 is 3.56. The Balaban J connectivity index is 2.63. The molecule has 0 fully saturated rings. The molecule has 0 heterocycles. The first-order valence-electron chi connectivity index (χ1n) is 7.26. The Kier molecular flexibility index (Phi) is 8.15. The highest BCUT2D eigenvalue weighted by atomic mass is 79.9. The van der Waals surface area contributed by atoms with E-state index < -0.39 is 0 Å². The Morgan fingerprint density at radius 3 is 2.21 bits per heavy atom. The lowest BCUT2D eigenvalue weighted by molar-refractivity contribution is 0.257. The molecule has 0 aliphatic heterocycles. The van der Waals surface area contributed by atoms with Gasteiger partial charge in [-0.3, -0.25) is 4.90 Å². The van der Waals surface area contributed by atoms with Crippen molar-refractivity contribution in [1.29, 1.82) is 0 Å². The van der Waals surface area contributed by atoms with E-state index in [1.807, 2.05) is 6.07 Å². The van der Waals surface area contributed by atoms with E-state index in [1.54, 1.807) is 7.11 Å². The van der Waals surface area contributed by atoms with Crippen molar-refractivity contribution >= 4 is 15.9 Å². The molecule has 0 amide bonds. The van der Waals surface area contributed by atoms with Crippen LogP contribution < -0.4 is 4.74 Å². The SMILES string of the molecule is CCCCN(CCCC)Cc1ccc(OC)c(Br)c1. The van der Waals surface area contributed by atoms with Crippen molar-refractivity contribution < 1.29 is 4.74 Å². The van der Waals surface area contributed by atoms with Gasteiger partial charge in [-0.2, -0.15) is 0 Å². The van der Waals surface area contributed by atoms with Crippen LogP contribution in [0.4, 0.5) is 0 Å². The van der Waals surface area contributed by atoms with Gasteiger partial charge in [0.25, 0.3) is 0 Å². The number of benzene rings is 1. The molecule has 3 heteroatoms. The molecule has 1 aromatic rings. The number of hydrogen-bond acceptors (Lipinski definition) is 2. The van der Waals surface area contributed by atoms with Crippen molar-refractivity contribution in [3.8, 4) is 5.75 Å². The minimum Gasteiger partial charge on any atom is -0.496 e. The fourth-order valence-corrected chi connectivity index (χ4v) is 2.69. The van der Waals surface area contributed by atoms with Crippen LogP contribution in [0.3, 0.4) is 0 Å². The number of methoxy groups -OCH3 is 1. The molecule has 0 N–H and O–H groups in total. The van der Waals surface area contributed by atoms with Crippen molar-refractivity contribution in [2.45, 2.75) is 46.1 Å². The van der Waals surface area contributed by atoms with Crippen molar-refractivity contribution in [3.05, 3.63) is 28.2 Å². The predicted octanol–water partition coefficient (Wildman–Crippen LogP) is 4.86. The van der Waals surface area contributed by atoms with Crippen LogP contribution in [-0.4, -0.2) is 25.1 Å². The van der Waals surface area contributed by atoms with Crippen LogP contribution in [0, 0.1) is 0 Å². The molecule has 0 unspecified atom stereocenters. The van der Waals surface area contributed by atoms with Gasteiger partial charge in [0.1, 0.15) is 5.75 Å². The van der Waals surface area contributed by atoms with Crippen LogP contribution in [0.1, 0.15) is 45.1 Å². The summed E-state index contributed by atoms with van der Waals surface area (Å²) in [4.78, 5) is 2.56. The summed E-state index contributed by atoms with van der Waals surface area (Å²) in [6.45, 7) is 7.92. The van der Waals surface area contributed by atoms with Gasteiger partial charge in [-0.15, -0.1) is 0 Å². The minimum atomic E-state index is 0.900. The second-order valence-electron chi connectivity index (χ2n) is 4.95. The molecule has 1 rings (SSSR count). The largest absolute Gasteiger partial charge is 0.496 e. The second kappa shape index (κ2) is 9.38. The standard InChI is InChI=1S/C16H26BrNO/c1-4-6-10-18(11-7-5-2)13-14-8-9-16(19-3)15(17)12-14/h8-9,12H,4-7,10-11,13H2,1-3H3. The van der Waals surface area contributed by atoms with Crippen molar-refractivity contribution in [1.82, 2.24) is 4.90 Å². The molecule has 1 aromatic carbocycles. The van der Waals surface area contributed by atoms with E-state index in [4.69, 9.17) is 4.74 Å². The molecule has 0 aliphatic rings. The van der Waals surface area contributed by atoms with Gasteiger partial charge in [-0.05, 0) is 59.6 Å². The fourth-order valence-electron chi connectivity index (χ4n) is 2.10. The Labute approximate surface area is 126 Å². The minimum absolute atomic E-state index is 0.900. The summed E-state index contributed by atoms with van der Waals surface area (Å²) in [6.07, 6.45) is 5.08. The van der Waals surface area contributed by atoms with Gasteiger partial charge in [-0.1, -0.05) is 32.8 Å². The van der Waals surface area contributed by atoms with Crippen LogP contribution >= 0.6 is 15.9 Å². The van der Waals surface area contributed by atoms with Crippen molar-refractivity contribution in [3.63, 3.8) is 0 Å². The molecular formula is C16H26BrNO. The van der Waals surface area contributed by atoms with Gasteiger partial charge < -0.3 is 4.74 Å². The Morgan fingerprint density at radius 1 is 1.11 bits per heavy atom. The van der Waals surface area contributed by atoms with E-state index in [1.165, 1.54) is 44.3 Å². The molecule has 0 atom stereocenters. The molecule has 0 spiro atoms. The highest BCUT2D eigenvalue weighted by Crippen LogP contribution is 2.26. The first-order chi connectivity index (χ1) is 9.21. The molecule has 0 radical (unpaired) electrons. The lowest BCUT2D eigenvalue weighted by Crippen LogP contribution is -2.25. The van der Waals surface area contributed by atoms with Gasteiger partial charge >= 0.3 is 0 Å². The Bertz CT molecular complexity index is 360. The van der Waals surface area contributed by atoms with Crippen molar-refractivity contribution in [2.24, 2.45) is 0 Å². The molecule has 19 heavy (non-hydrogen) atoms. The van der Waals surface area contributed by atoms with Gasteiger partial charge in [0, 0.05) is 6.54 Å².